The Labute approximate surface area is 115 Å². The van der Waals surface area contributed by atoms with Gasteiger partial charge < -0.3 is 5.32 Å². The number of hydrogen-bond donors (Lipinski definition) is 1. The van der Waals surface area contributed by atoms with Crippen LogP contribution in [0.25, 0.3) is 0 Å². The van der Waals surface area contributed by atoms with Crippen LogP contribution in [0.2, 0.25) is 0 Å². The largest absolute Gasteiger partial charge is 0.319 e. The predicted octanol–water partition coefficient (Wildman–Crippen LogP) is 2.74. The van der Waals surface area contributed by atoms with Gasteiger partial charge >= 0.3 is 0 Å². The Morgan fingerprint density at radius 2 is 1.78 bits per heavy atom. The number of likely N-dealkylation sites (N-methyl/N-ethyl adjacent to an activating group) is 1. The lowest BCUT2D eigenvalue weighted by Crippen LogP contribution is -2.14. The zero-order valence-corrected chi connectivity index (χ0v) is 13.0. The molecule has 1 heterocycles. The molecule has 0 aliphatic carbocycles. The molecule has 0 unspecified atom stereocenters. The average Bonchev–Trinajstić information content (AvgIpc) is 2.27. The van der Waals surface area contributed by atoms with Gasteiger partial charge in [-0.15, -0.1) is 0 Å². The van der Waals surface area contributed by atoms with Crippen LogP contribution < -0.4 is 5.32 Å². The lowest BCUT2D eigenvalue weighted by Gasteiger charge is -2.11. The maximum Gasteiger partial charge on any atom is 0.138 e. The highest BCUT2D eigenvalue weighted by atomic mass is 32.2. The minimum atomic E-state index is 0.729. The van der Waals surface area contributed by atoms with E-state index in [1.807, 2.05) is 18.8 Å². The Bertz CT molecular complexity index is 354. The molecule has 0 spiro atoms. The highest BCUT2D eigenvalue weighted by Crippen LogP contribution is 2.16. The summed E-state index contributed by atoms with van der Waals surface area (Å²) >= 11 is 1.92. The average molecular weight is 267 g/mol. The third-order valence-electron chi connectivity index (χ3n) is 2.77. The molecular formula is C14H25N3S. The Balaban J connectivity index is 2.67. The highest BCUT2D eigenvalue weighted by Gasteiger charge is 2.08. The molecule has 0 fully saturated rings. The highest BCUT2D eigenvalue weighted by molar-refractivity contribution is 7.98. The van der Waals surface area contributed by atoms with Crippen LogP contribution in [-0.4, -0.2) is 29.3 Å². The summed E-state index contributed by atoms with van der Waals surface area (Å²) in [6.45, 7) is 9.65. The lowest BCUT2D eigenvalue weighted by atomic mass is 10.1. The third kappa shape index (κ3) is 4.94. The van der Waals surface area contributed by atoms with E-state index in [9.17, 15) is 0 Å². The summed E-state index contributed by atoms with van der Waals surface area (Å²) in [4.78, 5) is 9.25. The van der Waals surface area contributed by atoms with Crippen LogP contribution in [0.4, 0.5) is 0 Å². The van der Waals surface area contributed by atoms with Gasteiger partial charge in [0.25, 0.3) is 0 Å². The van der Waals surface area contributed by atoms with Crippen molar-refractivity contribution in [3.63, 3.8) is 0 Å². The van der Waals surface area contributed by atoms with Crippen molar-refractivity contribution in [2.24, 2.45) is 5.92 Å². The molecule has 4 heteroatoms. The van der Waals surface area contributed by atoms with E-state index in [1.165, 1.54) is 11.3 Å². The summed E-state index contributed by atoms with van der Waals surface area (Å²) in [5, 5.41) is 3.17. The van der Waals surface area contributed by atoms with E-state index in [-0.39, 0.29) is 0 Å². The van der Waals surface area contributed by atoms with Crippen molar-refractivity contribution < 1.29 is 0 Å². The van der Waals surface area contributed by atoms with E-state index >= 15 is 0 Å². The van der Waals surface area contributed by atoms with Gasteiger partial charge in [0.15, 0.2) is 0 Å². The van der Waals surface area contributed by atoms with E-state index in [4.69, 9.17) is 0 Å². The molecule has 0 aromatic carbocycles. The minimum Gasteiger partial charge on any atom is -0.319 e. The summed E-state index contributed by atoms with van der Waals surface area (Å²) in [7, 11) is 1.97. The Morgan fingerprint density at radius 3 is 2.28 bits per heavy atom. The first kappa shape index (κ1) is 15.4. The predicted molar refractivity (Wildman–Crippen MR) is 80.1 cm³/mol. The van der Waals surface area contributed by atoms with Crippen LogP contribution >= 0.6 is 11.8 Å². The van der Waals surface area contributed by atoms with E-state index in [0.717, 1.165) is 41.8 Å². The fourth-order valence-electron chi connectivity index (χ4n) is 1.87. The number of aromatic nitrogens is 2. The van der Waals surface area contributed by atoms with Crippen molar-refractivity contribution in [3.05, 3.63) is 22.8 Å². The van der Waals surface area contributed by atoms with E-state index in [0.29, 0.717) is 0 Å². The van der Waals surface area contributed by atoms with Crippen LogP contribution in [0, 0.1) is 19.8 Å². The number of nitrogens with zero attached hydrogens (tertiary/aromatic N) is 2. The second-order valence-corrected chi connectivity index (χ2v) is 6.08. The maximum absolute atomic E-state index is 4.62. The van der Waals surface area contributed by atoms with Gasteiger partial charge in [-0.2, -0.15) is 11.8 Å². The normalized spacial score (nSPS) is 11.2. The van der Waals surface area contributed by atoms with Gasteiger partial charge in [0.2, 0.25) is 0 Å². The van der Waals surface area contributed by atoms with Crippen molar-refractivity contribution in [3.8, 4) is 0 Å². The molecule has 1 aromatic heterocycles. The zero-order valence-electron chi connectivity index (χ0n) is 12.2. The number of nitrogens with one attached hydrogen (secondary N) is 1. The molecule has 0 saturated heterocycles. The van der Waals surface area contributed by atoms with Gasteiger partial charge in [-0.05, 0) is 51.1 Å². The van der Waals surface area contributed by atoms with Crippen LogP contribution in [0.1, 0.15) is 36.6 Å². The molecule has 1 aromatic rings. The molecule has 0 radical (unpaired) electrons. The maximum atomic E-state index is 4.62. The molecule has 0 atom stereocenters. The van der Waals surface area contributed by atoms with Gasteiger partial charge in [0, 0.05) is 11.4 Å². The quantitative estimate of drug-likeness (QED) is 0.824. The Morgan fingerprint density at radius 1 is 1.17 bits per heavy atom. The number of hydrogen-bond acceptors (Lipinski definition) is 4. The first-order valence-corrected chi connectivity index (χ1v) is 7.75. The zero-order chi connectivity index (χ0) is 13.5. The topological polar surface area (TPSA) is 37.8 Å². The minimum absolute atomic E-state index is 0.729. The second-order valence-electron chi connectivity index (χ2n) is 5.05. The standard InChI is InChI=1S/C14H25N3S/c1-10(2)8-18-9-14-16-11(3)13(6-7-15-5)12(4)17-14/h10,15H,6-9H2,1-5H3. The second kappa shape index (κ2) is 7.74. The molecule has 1 N–H and O–H groups in total. The van der Waals surface area contributed by atoms with Gasteiger partial charge in [0.1, 0.15) is 5.82 Å². The monoisotopic (exact) mass is 267 g/mol. The van der Waals surface area contributed by atoms with Crippen molar-refractivity contribution in [2.45, 2.75) is 39.9 Å². The third-order valence-corrected chi connectivity index (χ3v) is 4.14. The van der Waals surface area contributed by atoms with Gasteiger partial charge in [-0.1, -0.05) is 13.8 Å². The summed E-state index contributed by atoms with van der Waals surface area (Å²) in [5.74, 6) is 3.80. The SMILES string of the molecule is CNCCc1c(C)nc(CSCC(C)C)nc1C. The van der Waals surface area contributed by atoms with Crippen LogP contribution in [-0.2, 0) is 12.2 Å². The van der Waals surface area contributed by atoms with Crippen molar-refractivity contribution >= 4 is 11.8 Å². The van der Waals surface area contributed by atoms with Crippen LogP contribution in [0.5, 0.6) is 0 Å². The number of rotatable bonds is 7. The molecule has 0 bridgehead atoms. The first-order chi connectivity index (χ1) is 8.54. The van der Waals surface area contributed by atoms with Crippen molar-refractivity contribution in [2.75, 3.05) is 19.3 Å². The number of aryl methyl sites for hydroxylation is 2. The smallest absolute Gasteiger partial charge is 0.138 e. The van der Waals surface area contributed by atoms with E-state index in [1.54, 1.807) is 0 Å². The van der Waals surface area contributed by atoms with E-state index < -0.39 is 0 Å². The molecule has 0 aliphatic rings. The molecule has 0 aliphatic heterocycles. The molecule has 3 nitrogen and oxygen atoms in total. The van der Waals surface area contributed by atoms with Gasteiger partial charge in [0.05, 0.1) is 5.75 Å². The summed E-state index contributed by atoms with van der Waals surface area (Å²) in [6.07, 6.45) is 1.01. The molecule has 18 heavy (non-hydrogen) atoms. The van der Waals surface area contributed by atoms with Crippen molar-refractivity contribution in [1.29, 1.82) is 0 Å². The molecule has 1 rings (SSSR count). The fourth-order valence-corrected chi connectivity index (χ4v) is 2.77. The lowest BCUT2D eigenvalue weighted by molar-refractivity contribution is 0.749. The summed E-state index contributed by atoms with van der Waals surface area (Å²) < 4.78 is 0. The van der Waals surface area contributed by atoms with E-state index in [2.05, 4.69) is 43.0 Å². The molecule has 0 amide bonds. The Hall–Kier alpha value is -0.610. The first-order valence-electron chi connectivity index (χ1n) is 6.60. The molecular weight excluding hydrogens is 242 g/mol. The fraction of sp³-hybridized carbons (Fsp3) is 0.714. The van der Waals surface area contributed by atoms with Crippen molar-refractivity contribution in [1.82, 2.24) is 15.3 Å². The molecule has 102 valence electrons. The summed E-state index contributed by atoms with van der Waals surface area (Å²) in [6, 6.07) is 0. The molecule has 0 saturated carbocycles. The van der Waals surface area contributed by atoms with Crippen LogP contribution in [0.3, 0.4) is 0 Å². The van der Waals surface area contributed by atoms with Crippen LogP contribution in [0.15, 0.2) is 0 Å². The Kier molecular flexibility index (Phi) is 6.65. The summed E-state index contributed by atoms with van der Waals surface area (Å²) in [5.41, 5.74) is 3.57. The number of thioether (sulfide) groups is 1. The van der Waals surface area contributed by atoms with Gasteiger partial charge in [-0.25, -0.2) is 9.97 Å². The van der Waals surface area contributed by atoms with Gasteiger partial charge in [-0.3, -0.25) is 0 Å².